The van der Waals surface area contributed by atoms with Gasteiger partial charge in [0.15, 0.2) is 16.3 Å². The number of esters is 1. The Morgan fingerprint density at radius 1 is 1.19 bits per heavy atom. The fourth-order valence-corrected chi connectivity index (χ4v) is 5.06. The first-order valence-corrected chi connectivity index (χ1v) is 11.8. The zero-order valence-corrected chi connectivity index (χ0v) is 20.8. The highest BCUT2D eigenvalue weighted by Crippen LogP contribution is 2.36. The summed E-state index contributed by atoms with van der Waals surface area (Å²) in [5.41, 5.74) is 1.29. The summed E-state index contributed by atoms with van der Waals surface area (Å²) in [6.07, 6.45) is 1.58. The lowest BCUT2D eigenvalue weighted by Crippen LogP contribution is -2.39. The van der Waals surface area contributed by atoms with Gasteiger partial charge in [0.25, 0.3) is 11.2 Å². The Morgan fingerprint density at radius 3 is 2.61 bits per heavy atom. The summed E-state index contributed by atoms with van der Waals surface area (Å²) in [5.74, 6) is 0.357. The molecule has 0 fully saturated rings. The lowest BCUT2D eigenvalue weighted by atomic mass is 9.95. The Kier molecular flexibility index (Phi) is 7.02. The van der Waals surface area contributed by atoms with Crippen LogP contribution in [0.15, 0.2) is 63.5 Å². The number of nitro benzene ring substituents is 1. The summed E-state index contributed by atoms with van der Waals surface area (Å²) in [7, 11) is 3.02. The molecular weight excluding hydrogens is 486 g/mol. The first kappa shape index (κ1) is 24.9. The van der Waals surface area contributed by atoms with Crippen molar-refractivity contribution in [3.05, 3.63) is 94.7 Å². The van der Waals surface area contributed by atoms with Crippen molar-refractivity contribution in [2.45, 2.75) is 19.9 Å². The standard InChI is InChI=1S/C25H23N3O7S/c1-5-35-24(30)21-14(2)26-25-27(22(21)16-9-10-18(33-3)19(13-16)34-4)23(29)20(36-25)12-15-7-6-8-17(11-15)28(31)32/h6-13,22H,5H2,1-4H3/b20-12-/t22-/m1/s1. The van der Waals surface area contributed by atoms with Crippen LogP contribution in [0.4, 0.5) is 5.69 Å². The molecule has 0 saturated heterocycles. The molecule has 1 atom stereocenters. The molecule has 0 saturated carbocycles. The third-order valence-electron chi connectivity index (χ3n) is 5.62. The maximum absolute atomic E-state index is 13.6. The molecule has 0 radical (unpaired) electrons. The topological polar surface area (TPSA) is 122 Å². The molecular formula is C25H23N3O7S. The number of carbonyl (C=O) groups is 1. The van der Waals surface area contributed by atoms with Crippen molar-refractivity contribution >= 4 is 29.1 Å². The van der Waals surface area contributed by atoms with E-state index < -0.39 is 16.9 Å². The average Bonchev–Trinajstić information content (AvgIpc) is 3.17. The molecule has 0 bridgehead atoms. The molecule has 186 valence electrons. The molecule has 0 N–H and O–H groups in total. The number of aromatic nitrogens is 1. The highest BCUT2D eigenvalue weighted by Gasteiger charge is 2.33. The second kappa shape index (κ2) is 10.2. The van der Waals surface area contributed by atoms with E-state index in [1.807, 2.05) is 0 Å². The Labute approximate surface area is 209 Å². The first-order chi connectivity index (χ1) is 17.3. The smallest absolute Gasteiger partial charge is 0.338 e. The molecule has 11 heteroatoms. The summed E-state index contributed by atoms with van der Waals surface area (Å²) >= 11 is 1.13. The van der Waals surface area contributed by atoms with Crippen molar-refractivity contribution in [2.24, 2.45) is 4.99 Å². The number of thiazole rings is 1. The maximum Gasteiger partial charge on any atom is 0.338 e. The van der Waals surface area contributed by atoms with Gasteiger partial charge < -0.3 is 14.2 Å². The van der Waals surface area contributed by atoms with Crippen LogP contribution in [-0.2, 0) is 9.53 Å². The lowest BCUT2D eigenvalue weighted by molar-refractivity contribution is -0.384. The molecule has 10 nitrogen and oxygen atoms in total. The number of rotatable bonds is 7. The maximum atomic E-state index is 13.6. The van der Waals surface area contributed by atoms with E-state index >= 15 is 0 Å². The van der Waals surface area contributed by atoms with Gasteiger partial charge in [-0.15, -0.1) is 0 Å². The van der Waals surface area contributed by atoms with E-state index in [0.29, 0.717) is 37.7 Å². The molecule has 0 aliphatic carbocycles. The number of ether oxygens (including phenoxy) is 3. The van der Waals surface area contributed by atoms with Gasteiger partial charge in [-0.1, -0.05) is 29.5 Å². The molecule has 0 amide bonds. The van der Waals surface area contributed by atoms with Gasteiger partial charge in [-0.3, -0.25) is 19.5 Å². The normalized spacial score (nSPS) is 15.2. The minimum absolute atomic E-state index is 0.0832. The van der Waals surface area contributed by atoms with Crippen LogP contribution in [0.25, 0.3) is 6.08 Å². The van der Waals surface area contributed by atoms with Crippen LogP contribution in [0.5, 0.6) is 11.5 Å². The minimum atomic E-state index is -0.827. The zero-order chi connectivity index (χ0) is 26.0. The van der Waals surface area contributed by atoms with Crippen LogP contribution in [0.3, 0.4) is 0 Å². The number of carbonyl (C=O) groups excluding carboxylic acids is 1. The van der Waals surface area contributed by atoms with Gasteiger partial charge in [0.2, 0.25) is 0 Å². The van der Waals surface area contributed by atoms with Gasteiger partial charge in [0, 0.05) is 12.1 Å². The third kappa shape index (κ3) is 4.52. The Hall–Kier alpha value is -4.25. The number of hydrogen-bond donors (Lipinski definition) is 0. The molecule has 2 aromatic carbocycles. The number of benzene rings is 2. The number of nitro groups is 1. The van der Waals surface area contributed by atoms with Crippen molar-refractivity contribution in [3.63, 3.8) is 0 Å². The van der Waals surface area contributed by atoms with E-state index in [0.717, 1.165) is 11.3 Å². The average molecular weight is 510 g/mol. The zero-order valence-electron chi connectivity index (χ0n) is 20.0. The summed E-state index contributed by atoms with van der Waals surface area (Å²) in [6.45, 7) is 3.55. The fraction of sp³-hybridized carbons (Fsp3) is 0.240. The molecule has 36 heavy (non-hydrogen) atoms. The van der Waals surface area contributed by atoms with Gasteiger partial charge in [-0.2, -0.15) is 0 Å². The number of fused-ring (bicyclic) bond motifs is 1. The van der Waals surface area contributed by atoms with Gasteiger partial charge >= 0.3 is 5.97 Å². The van der Waals surface area contributed by atoms with Crippen LogP contribution >= 0.6 is 11.3 Å². The van der Waals surface area contributed by atoms with Crippen molar-refractivity contribution in [1.29, 1.82) is 0 Å². The van der Waals surface area contributed by atoms with E-state index in [1.165, 1.54) is 30.9 Å². The molecule has 1 aliphatic rings. The van der Waals surface area contributed by atoms with Crippen LogP contribution in [0, 0.1) is 10.1 Å². The van der Waals surface area contributed by atoms with E-state index in [9.17, 15) is 19.7 Å². The summed E-state index contributed by atoms with van der Waals surface area (Å²) in [5, 5.41) is 11.2. The molecule has 0 unspecified atom stereocenters. The number of allylic oxidation sites excluding steroid dienone is 1. The van der Waals surface area contributed by atoms with Gasteiger partial charge in [-0.05, 0) is 43.2 Å². The minimum Gasteiger partial charge on any atom is -0.493 e. The fourth-order valence-electron chi connectivity index (χ4n) is 4.01. The molecule has 1 aromatic heterocycles. The Morgan fingerprint density at radius 2 is 1.94 bits per heavy atom. The number of hydrogen-bond acceptors (Lipinski definition) is 9. The second-order valence-corrected chi connectivity index (χ2v) is 8.78. The Bertz CT molecular complexity index is 1570. The third-order valence-corrected chi connectivity index (χ3v) is 6.60. The Balaban J connectivity index is 1.96. The molecule has 0 spiro atoms. The van der Waals surface area contributed by atoms with Crippen molar-refractivity contribution in [2.75, 3.05) is 20.8 Å². The van der Waals surface area contributed by atoms with Crippen LogP contribution in [-0.4, -0.2) is 36.3 Å². The largest absolute Gasteiger partial charge is 0.493 e. The van der Waals surface area contributed by atoms with Crippen LogP contribution < -0.4 is 24.4 Å². The monoisotopic (exact) mass is 509 g/mol. The predicted molar refractivity (Wildman–Crippen MR) is 133 cm³/mol. The van der Waals surface area contributed by atoms with Crippen LogP contribution in [0.1, 0.15) is 31.0 Å². The quantitative estimate of drug-likeness (QED) is 0.273. The lowest BCUT2D eigenvalue weighted by Gasteiger charge is -2.25. The van der Waals surface area contributed by atoms with E-state index in [4.69, 9.17) is 14.2 Å². The van der Waals surface area contributed by atoms with E-state index in [1.54, 1.807) is 50.3 Å². The number of non-ortho nitro benzene ring substituents is 1. The van der Waals surface area contributed by atoms with Crippen molar-refractivity contribution in [1.82, 2.24) is 4.57 Å². The number of nitrogens with zero attached hydrogens (tertiary/aromatic N) is 3. The molecule has 3 aromatic rings. The summed E-state index contributed by atoms with van der Waals surface area (Å²) in [4.78, 5) is 42.2. The van der Waals surface area contributed by atoms with Crippen molar-refractivity contribution < 1.29 is 23.9 Å². The predicted octanol–water partition coefficient (Wildman–Crippen LogP) is 2.72. The second-order valence-electron chi connectivity index (χ2n) is 7.77. The summed E-state index contributed by atoms with van der Waals surface area (Å²) in [6, 6.07) is 10.3. The van der Waals surface area contributed by atoms with E-state index in [2.05, 4.69) is 4.99 Å². The summed E-state index contributed by atoms with van der Waals surface area (Å²) < 4.78 is 17.8. The molecule has 2 heterocycles. The first-order valence-electron chi connectivity index (χ1n) is 10.9. The van der Waals surface area contributed by atoms with Gasteiger partial charge in [0.1, 0.15) is 0 Å². The molecule has 4 rings (SSSR count). The number of methoxy groups -OCH3 is 2. The highest BCUT2D eigenvalue weighted by atomic mass is 32.1. The highest BCUT2D eigenvalue weighted by molar-refractivity contribution is 7.07. The SMILES string of the molecule is CCOC(=O)C1=C(C)N=c2s/c(=C\c3cccc([N+](=O)[O-])c3)c(=O)n2[C@@H]1c1ccc(OC)c(OC)c1. The molecule has 1 aliphatic heterocycles. The van der Waals surface area contributed by atoms with E-state index in [-0.39, 0.29) is 23.4 Å². The van der Waals surface area contributed by atoms with Gasteiger partial charge in [0.05, 0.1) is 47.6 Å². The van der Waals surface area contributed by atoms with Crippen LogP contribution in [0.2, 0.25) is 0 Å². The van der Waals surface area contributed by atoms with Crippen molar-refractivity contribution in [3.8, 4) is 11.5 Å². The van der Waals surface area contributed by atoms with Gasteiger partial charge in [-0.25, -0.2) is 9.79 Å².